The Morgan fingerprint density at radius 2 is 1.93 bits per heavy atom. The fourth-order valence-electron chi connectivity index (χ4n) is 2.33. The molecule has 138 valence electrons. The number of esters is 1. The predicted molar refractivity (Wildman–Crippen MR) is 99.5 cm³/mol. The Hall–Kier alpha value is -3.46. The molecule has 9 heteroatoms. The van der Waals surface area contributed by atoms with Gasteiger partial charge in [-0.3, -0.25) is 10.1 Å². The third kappa shape index (κ3) is 4.21. The first kappa shape index (κ1) is 18.3. The Labute approximate surface area is 158 Å². The first-order chi connectivity index (χ1) is 13.0. The number of ether oxygens (including phenoxy) is 1. The van der Waals surface area contributed by atoms with E-state index in [1.165, 1.54) is 22.9 Å². The summed E-state index contributed by atoms with van der Waals surface area (Å²) >= 11 is 1.49. The number of nitrogens with zero attached hydrogens (tertiary/aromatic N) is 2. The van der Waals surface area contributed by atoms with E-state index in [1.807, 2.05) is 41.0 Å². The quantitative estimate of drug-likeness (QED) is 0.655. The summed E-state index contributed by atoms with van der Waals surface area (Å²) in [6.07, 6.45) is -1.20. The third-order valence-electron chi connectivity index (χ3n) is 3.59. The number of primary amides is 1. The number of hydrogen-bond donors (Lipinski definition) is 2. The standard InChI is InChI=1S/C18H16N4O4S/c1-11(16(23)20-18(19)25)26-17(24)14-10-13(15-8-5-9-27-15)21-22(14)12-6-3-2-4-7-12/h2-11H,1H3,(H3,19,20,23,25)/t11-/m0/s1. The molecule has 3 amide bonds. The van der Waals surface area contributed by atoms with E-state index >= 15 is 0 Å². The minimum atomic E-state index is -1.20. The highest BCUT2D eigenvalue weighted by Crippen LogP contribution is 2.26. The van der Waals surface area contributed by atoms with Gasteiger partial charge in [0.2, 0.25) is 0 Å². The van der Waals surface area contributed by atoms with Crippen LogP contribution >= 0.6 is 11.3 Å². The van der Waals surface area contributed by atoms with Crippen LogP contribution in [0.1, 0.15) is 17.4 Å². The van der Waals surface area contributed by atoms with Crippen molar-refractivity contribution in [2.24, 2.45) is 5.73 Å². The molecule has 1 aromatic carbocycles. The van der Waals surface area contributed by atoms with Gasteiger partial charge < -0.3 is 10.5 Å². The number of amides is 3. The van der Waals surface area contributed by atoms with Crippen LogP contribution in [0.2, 0.25) is 0 Å². The van der Waals surface area contributed by atoms with Gasteiger partial charge in [-0.25, -0.2) is 14.3 Å². The first-order valence-corrected chi connectivity index (χ1v) is 8.84. The molecular weight excluding hydrogens is 368 g/mol. The summed E-state index contributed by atoms with van der Waals surface area (Å²) in [6, 6.07) is 13.4. The maximum absolute atomic E-state index is 12.6. The molecule has 0 saturated heterocycles. The number of carbonyl (C=O) groups is 3. The fourth-order valence-corrected chi connectivity index (χ4v) is 3.02. The number of benzene rings is 1. The molecule has 8 nitrogen and oxygen atoms in total. The fraction of sp³-hybridized carbons (Fsp3) is 0.111. The van der Waals surface area contributed by atoms with Crippen LogP contribution in [0.5, 0.6) is 0 Å². The van der Waals surface area contributed by atoms with Crippen molar-refractivity contribution in [1.82, 2.24) is 15.1 Å². The van der Waals surface area contributed by atoms with Crippen LogP contribution in [0, 0.1) is 0 Å². The normalized spacial score (nSPS) is 11.6. The van der Waals surface area contributed by atoms with Crippen molar-refractivity contribution >= 4 is 29.2 Å². The summed E-state index contributed by atoms with van der Waals surface area (Å²) in [5.41, 5.74) is 6.34. The van der Waals surface area contributed by atoms with Gasteiger partial charge in [0.15, 0.2) is 11.8 Å². The van der Waals surface area contributed by atoms with Crippen LogP contribution in [0.4, 0.5) is 4.79 Å². The number of nitrogens with two attached hydrogens (primary N) is 1. The van der Waals surface area contributed by atoms with Crippen molar-refractivity contribution < 1.29 is 19.1 Å². The molecule has 0 fully saturated rings. The molecule has 0 aliphatic carbocycles. The topological polar surface area (TPSA) is 116 Å². The van der Waals surface area contributed by atoms with Crippen LogP contribution in [0.3, 0.4) is 0 Å². The molecule has 0 unspecified atom stereocenters. The lowest BCUT2D eigenvalue weighted by Gasteiger charge is -2.12. The highest BCUT2D eigenvalue weighted by molar-refractivity contribution is 7.13. The second-order valence-electron chi connectivity index (χ2n) is 5.54. The molecule has 0 bridgehead atoms. The maximum Gasteiger partial charge on any atom is 0.357 e. The summed E-state index contributed by atoms with van der Waals surface area (Å²) in [6.45, 7) is 1.35. The number of rotatable bonds is 5. The molecule has 0 aliphatic rings. The molecule has 0 aliphatic heterocycles. The molecule has 0 spiro atoms. The number of para-hydroxylation sites is 1. The van der Waals surface area contributed by atoms with E-state index in [-0.39, 0.29) is 5.69 Å². The SMILES string of the molecule is C[C@H](OC(=O)c1cc(-c2cccs2)nn1-c1ccccc1)C(=O)NC(N)=O. The summed E-state index contributed by atoms with van der Waals surface area (Å²) in [5.74, 6) is -1.55. The smallest absolute Gasteiger partial charge is 0.357 e. The van der Waals surface area contributed by atoms with E-state index < -0.39 is 24.0 Å². The van der Waals surface area contributed by atoms with Crippen molar-refractivity contribution in [3.05, 3.63) is 59.6 Å². The molecule has 3 aromatic rings. The number of aromatic nitrogens is 2. The van der Waals surface area contributed by atoms with Crippen LogP contribution in [-0.4, -0.2) is 33.8 Å². The van der Waals surface area contributed by atoms with Crippen molar-refractivity contribution in [3.8, 4) is 16.3 Å². The summed E-state index contributed by atoms with van der Waals surface area (Å²) < 4.78 is 6.63. The van der Waals surface area contributed by atoms with Crippen molar-refractivity contribution in [2.45, 2.75) is 13.0 Å². The van der Waals surface area contributed by atoms with Gasteiger partial charge >= 0.3 is 12.0 Å². The average Bonchev–Trinajstić information content (AvgIpc) is 3.31. The molecular formula is C18H16N4O4S. The average molecular weight is 384 g/mol. The lowest BCUT2D eigenvalue weighted by atomic mass is 10.3. The zero-order valence-corrected chi connectivity index (χ0v) is 15.1. The number of hydrogen-bond acceptors (Lipinski definition) is 6. The molecule has 3 N–H and O–H groups in total. The van der Waals surface area contributed by atoms with Crippen molar-refractivity contribution in [3.63, 3.8) is 0 Å². The van der Waals surface area contributed by atoms with E-state index in [9.17, 15) is 14.4 Å². The van der Waals surface area contributed by atoms with E-state index in [4.69, 9.17) is 10.5 Å². The second kappa shape index (κ2) is 7.83. The lowest BCUT2D eigenvalue weighted by molar-refractivity contribution is -0.127. The molecule has 2 heterocycles. The Balaban J connectivity index is 1.92. The Bertz CT molecular complexity index is 967. The summed E-state index contributed by atoms with van der Waals surface area (Å²) in [7, 11) is 0. The van der Waals surface area contributed by atoms with Gasteiger partial charge in [0.05, 0.1) is 10.6 Å². The largest absolute Gasteiger partial charge is 0.448 e. The van der Waals surface area contributed by atoms with Gasteiger partial charge in [0, 0.05) is 6.07 Å². The zero-order valence-electron chi connectivity index (χ0n) is 14.3. The molecule has 2 aromatic heterocycles. The lowest BCUT2D eigenvalue weighted by Crippen LogP contribution is -2.42. The van der Waals surface area contributed by atoms with Gasteiger partial charge in [-0.15, -0.1) is 11.3 Å². The molecule has 0 saturated carbocycles. The summed E-state index contributed by atoms with van der Waals surface area (Å²) in [4.78, 5) is 36.1. The summed E-state index contributed by atoms with van der Waals surface area (Å²) in [5, 5.41) is 8.28. The minimum Gasteiger partial charge on any atom is -0.448 e. The number of nitrogens with one attached hydrogen (secondary N) is 1. The predicted octanol–water partition coefficient (Wildman–Crippen LogP) is 2.34. The Morgan fingerprint density at radius 3 is 2.56 bits per heavy atom. The van der Waals surface area contributed by atoms with Gasteiger partial charge in [-0.1, -0.05) is 24.3 Å². The van der Waals surface area contributed by atoms with Crippen LogP contribution in [0.15, 0.2) is 53.9 Å². The Morgan fingerprint density at radius 1 is 1.19 bits per heavy atom. The minimum absolute atomic E-state index is 0.156. The molecule has 27 heavy (non-hydrogen) atoms. The van der Waals surface area contributed by atoms with E-state index in [0.717, 1.165) is 4.88 Å². The van der Waals surface area contributed by atoms with Crippen LogP contribution in [0.25, 0.3) is 16.3 Å². The first-order valence-electron chi connectivity index (χ1n) is 7.96. The van der Waals surface area contributed by atoms with Gasteiger partial charge in [-0.05, 0) is 30.5 Å². The number of thiophene rings is 1. The van der Waals surface area contributed by atoms with E-state index in [0.29, 0.717) is 11.4 Å². The molecule has 3 rings (SSSR count). The third-order valence-corrected chi connectivity index (χ3v) is 4.48. The maximum atomic E-state index is 12.6. The van der Waals surface area contributed by atoms with Crippen molar-refractivity contribution in [1.29, 1.82) is 0 Å². The van der Waals surface area contributed by atoms with Gasteiger partial charge in [-0.2, -0.15) is 5.10 Å². The highest BCUT2D eigenvalue weighted by atomic mass is 32.1. The zero-order chi connectivity index (χ0) is 19.4. The number of carbonyl (C=O) groups excluding carboxylic acids is 3. The second-order valence-corrected chi connectivity index (χ2v) is 6.49. The van der Waals surface area contributed by atoms with Gasteiger partial charge in [0.25, 0.3) is 5.91 Å². The molecule has 0 radical (unpaired) electrons. The number of urea groups is 1. The van der Waals surface area contributed by atoms with Crippen molar-refractivity contribution in [2.75, 3.05) is 0 Å². The van der Waals surface area contributed by atoms with Crippen LogP contribution < -0.4 is 11.1 Å². The number of imide groups is 1. The van der Waals surface area contributed by atoms with Gasteiger partial charge in [0.1, 0.15) is 5.69 Å². The van der Waals surface area contributed by atoms with E-state index in [2.05, 4.69) is 5.10 Å². The monoisotopic (exact) mass is 384 g/mol. The van der Waals surface area contributed by atoms with E-state index in [1.54, 1.807) is 18.2 Å². The highest BCUT2D eigenvalue weighted by Gasteiger charge is 2.24. The van der Waals surface area contributed by atoms with Crippen LogP contribution in [-0.2, 0) is 9.53 Å². The molecule has 1 atom stereocenters. The Kier molecular flexibility index (Phi) is 5.32.